The number of hydrogen-bond acceptors (Lipinski definition) is 6. The Kier molecular flexibility index (Phi) is 4.65. The number of rotatable bonds is 6. The zero-order valence-electron chi connectivity index (χ0n) is 12.1. The number of pyridine rings is 1. The Bertz CT molecular complexity index is 714. The highest BCUT2D eigenvalue weighted by atomic mass is 32.2. The van der Waals surface area contributed by atoms with E-state index in [9.17, 15) is 0 Å². The van der Waals surface area contributed by atoms with Crippen molar-refractivity contribution >= 4 is 11.8 Å². The molecule has 0 aliphatic rings. The minimum atomic E-state index is 0.777. The van der Waals surface area contributed by atoms with Crippen LogP contribution < -0.4 is 4.74 Å². The first kappa shape index (κ1) is 14.5. The van der Waals surface area contributed by atoms with Crippen molar-refractivity contribution in [2.45, 2.75) is 11.6 Å². The number of aryl methyl sites for hydroxylation is 1. The summed E-state index contributed by atoms with van der Waals surface area (Å²) < 4.78 is 6.89. The molecule has 0 bridgehead atoms. The molecule has 0 saturated heterocycles. The Hall–Kier alpha value is -2.41. The molecule has 0 spiro atoms. The van der Waals surface area contributed by atoms with Crippen LogP contribution in [0.4, 0.5) is 0 Å². The highest BCUT2D eigenvalue weighted by molar-refractivity contribution is 7.99. The van der Waals surface area contributed by atoms with Gasteiger partial charge in [0.2, 0.25) is 5.16 Å². The summed E-state index contributed by atoms with van der Waals surface area (Å²) in [4.78, 5) is 4.02. The Morgan fingerprint density at radius 2 is 1.86 bits per heavy atom. The van der Waals surface area contributed by atoms with Gasteiger partial charge in [-0.2, -0.15) is 4.68 Å². The van der Waals surface area contributed by atoms with Gasteiger partial charge in [0.1, 0.15) is 5.75 Å². The molecular weight excluding hydrogens is 298 g/mol. The van der Waals surface area contributed by atoms with Gasteiger partial charge < -0.3 is 4.74 Å². The van der Waals surface area contributed by atoms with Gasteiger partial charge in [-0.3, -0.25) is 4.98 Å². The maximum absolute atomic E-state index is 5.16. The first-order valence-electron chi connectivity index (χ1n) is 6.81. The van der Waals surface area contributed by atoms with Crippen LogP contribution >= 0.6 is 11.8 Å². The van der Waals surface area contributed by atoms with Crippen LogP contribution in [-0.4, -0.2) is 38.1 Å². The summed E-state index contributed by atoms with van der Waals surface area (Å²) in [5.41, 5.74) is 2.17. The number of nitrogens with zero attached hydrogens (tertiary/aromatic N) is 5. The Labute approximate surface area is 132 Å². The molecule has 0 amide bonds. The topological polar surface area (TPSA) is 65.7 Å². The van der Waals surface area contributed by atoms with Crippen molar-refractivity contribution in [1.29, 1.82) is 0 Å². The summed E-state index contributed by atoms with van der Waals surface area (Å²) in [6.07, 6.45) is 4.56. The second-order valence-electron chi connectivity index (χ2n) is 4.53. The molecule has 0 saturated carbocycles. The molecule has 0 unspecified atom stereocenters. The molecule has 0 atom stereocenters. The second kappa shape index (κ2) is 7.04. The first-order chi connectivity index (χ1) is 10.9. The molecule has 0 aliphatic heterocycles. The number of tetrazole rings is 1. The third kappa shape index (κ3) is 3.43. The monoisotopic (exact) mass is 313 g/mol. The summed E-state index contributed by atoms with van der Waals surface area (Å²) in [6.45, 7) is 0. The van der Waals surface area contributed by atoms with E-state index in [1.54, 1.807) is 35.9 Å². The molecule has 6 nitrogen and oxygen atoms in total. The Balaban J connectivity index is 1.66. The number of ether oxygens (including phenoxy) is 1. The van der Waals surface area contributed by atoms with E-state index in [0.717, 1.165) is 28.8 Å². The summed E-state index contributed by atoms with van der Waals surface area (Å²) in [5, 5.41) is 12.7. The van der Waals surface area contributed by atoms with Crippen molar-refractivity contribution in [1.82, 2.24) is 25.2 Å². The van der Waals surface area contributed by atoms with Crippen LogP contribution in [0.25, 0.3) is 5.69 Å². The van der Waals surface area contributed by atoms with E-state index in [2.05, 4.69) is 20.5 Å². The highest BCUT2D eigenvalue weighted by Crippen LogP contribution is 2.21. The van der Waals surface area contributed by atoms with Gasteiger partial charge in [0.25, 0.3) is 0 Å². The third-order valence-electron chi connectivity index (χ3n) is 3.13. The van der Waals surface area contributed by atoms with Gasteiger partial charge in [-0.05, 0) is 58.8 Å². The molecule has 112 valence electrons. The van der Waals surface area contributed by atoms with Crippen LogP contribution in [0.2, 0.25) is 0 Å². The summed E-state index contributed by atoms with van der Waals surface area (Å²) >= 11 is 1.63. The minimum absolute atomic E-state index is 0.777. The van der Waals surface area contributed by atoms with E-state index >= 15 is 0 Å². The molecule has 2 aromatic heterocycles. The molecule has 0 radical (unpaired) electrons. The van der Waals surface area contributed by atoms with Crippen molar-refractivity contribution in [2.24, 2.45) is 0 Å². The van der Waals surface area contributed by atoms with E-state index < -0.39 is 0 Å². The van der Waals surface area contributed by atoms with Gasteiger partial charge in [0.15, 0.2) is 0 Å². The van der Waals surface area contributed by atoms with Gasteiger partial charge in [0.05, 0.1) is 12.8 Å². The van der Waals surface area contributed by atoms with Crippen LogP contribution in [0.1, 0.15) is 5.56 Å². The van der Waals surface area contributed by atoms with Crippen LogP contribution in [0.3, 0.4) is 0 Å². The van der Waals surface area contributed by atoms with Crippen LogP contribution in [0.15, 0.2) is 53.9 Å². The number of benzene rings is 1. The highest BCUT2D eigenvalue weighted by Gasteiger charge is 2.09. The number of methoxy groups -OCH3 is 1. The van der Waals surface area contributed by atoms with Gasteiger partial charge in [-0.25, -0.2) is 0 Å². The summed E-state index contributed by atoms with van der Waals surface area (Å²) in [5.74, 6) is 1.71. The Morgan fingerprint density at radius 3 is 2.59 bits per heavy atom. The van der Waals surface area contributed by atoms with Crippen LogP contribution in [0.5, 0.6) is 5.75 Å². The van der Waals surface area contributed by atoms with E-state index in [1.165, 1.54) is 5.56 Å². The fraction of sp³-hybridized carbons (Fsp3) is 0.200. The van der Waals surface area contributed by atoms with Gasteiger partial charge >= 0.3 is 0 Å². The fourth-order valence-corrected chi connectivity index (χ4v) is 2.84. The quantitative estimate of drug-likeness (QED) is 0.651. The van der Waals surface area contributed by atoms with Gasteiger partial charge in [-0.15, -0.1) is 5.10 Å². The largest absolute Gasteiger partial charge is 0.497 e. The molecule has 0 aliphatic carbocycles. The van der Waals surface area contributed by atoms with E-state index in [0.29, 0.717) is 0 Å². The lowest BCUT2D eigenvalue weighted by atomic mass is 10.2. The molecule has 1 aromatic carbocycles. The van der Waals surface area contributed by atoms with Gasteiger partial charge in [-0.1, -0.05) is 11.8 Å². The third-order valence-corrected chi connectivity index (χ3v) is 4.05. The predicted octanol–water partition coefficient (Wildman–Crippen LogP) is 2.40. The SMILES string of the molecule is COc1ccc(-n2nnnc2SCCc2ccncc2)cc1. The van der Waals surface area contributed by atoms with Crippen molar-refractivity contribution < 1.29 is 4.74 Å². The minimum Gasteiger partial charge on any atom is -0.497 e. The average Bonchev–Trinajstić information content (AvgIpc) is 3.04. The standard InChI is InChI=1S/C15H15N5OS/c1-21-14-4-2-13(3-5-14)20-15(17-18-19-20)22-11-8-12-6-9-16-10-7-12/h2-7,9-10H,8,11H2,1H3. The zero-order chi connectivity index (χ0) is 15.2. The smallest absolute Gasteiger partial charge is 0.214 e. The molecule has 0 fully saturated rings. The lowest BCUT2D eigenvalue weighted by Gasteiger charge is -2.05. The maximum Gasteiger partial charge on any atom is 0.214 e. The second-order valence-corrected chi connectivity index (χ2v) is 5.59. The van der Waals surface area contributed by atoms with Crippen molar-refractivity contribution in [3.8, 4) is 11.4 Å². The van der Waals surface area contributed by atoms with Crippen molar-refractivity contribution in [2.75, 3.05) is 12.9 Å². The molecule has 2 heterocycles. The van der Waals surface area contributed by atoms with Crippen LogP contribution in [0, 0.1) is 0 Å². The molecular formula is C15H15N5OS. The lowest BCUT2D eigenvalue weighted by molar-refractivity contribution is 0.414. The molecule has 3 aromatic rings. The average molecular weight is 313 g/mol. The predicted molar refractivity (Wildman–Crippen MR) is 84.4 cm³/mol. The van der Waals surface area contributed by atoms with Gasteiger partial charge in [0, 0.05) is 18.1 Å². The van der Waals surface area contributed by atoms with Crippen molar-refractivity contribution in [3.63, 3.8) is 0 Å². The first-order valence-corrected chi connectivity index (χ1v) is 7.80. The fourth-order valence-electron chi connectivity index (χ4n) is 1.96. The Morgan fingerprint density at radius 1 is 1.09 bits per heavy atom. The van der Waals surface area contributed by atoms with Crippen molar-refractivity contribution in [3.05, 3.63) is 54.4 Å². The molecule has 0 N–H and O–H groups in total. The lowest BCUT2D eigenvalue weighted by Crippen LogP contribution is -2.00. The zero-order valence-corrected chi connectivity index (χ0v) is 12.9. The van der Waals surface area contributed by atoms with E-state index in [1.807, 2.05) is 36.4 Å². The van der Waals surface area contributed by atoms with E-state index in [-0.39, 0.29) is 0 Å². The van der Waals surface area contributed by atoms with Crippen LogP contribution in [-0.2, 0) is 6.42 Å². The molecule has 7 heteroatoms. The number of hydrogen-bond donors (Lipinski definition) is 0. The maximum atomic E-state index is 5.16. The molecule has 3 rings (SSSR count). The van der Waals surface area contributed by atoms with E-state index in [4.69, 9.17) is 4.74 Å². The summed E-state index contributed by atoms with van der Waals surface area (Å²) in [6, 6.07) is 11.7. The number of aromatic nitrogens is 5. The number of thioether (sulfide) groups is 1. The molecule has 22 heavy (non-hydrogen) atoms. The summed E-state index contributed by atoms with van der Waals surface area (Å²) in [7, 11) is 1.65. The normalized spacial score (nSPS) is 10.6.